The van der Waals surface area contributed by atoms with Crippen molar-refractivity contribution in [1.29, 1.82) is 0 Å². The normalized spacial score (nSPS) is 14.1. The molecule has 0 bridgehead atoms. The van der Waals surface area contributed by atoms with Crippen LogP contribution in [0.5, 0.6) is 5.75 Å². The molecule has 0 aliphatic carbocycles. The van der Waals surface area contributed by atoms with Gasteiger partial charge in [0.2, 0.25) is 0 Å². The fraction of sp³-hybridized carbons (Fsp3) is 0.370. The lowest BCUT2D eigenvalue weighted by molar-refractivity contribution is -0.156. The van der Waals surface area contributed by atoms with Crippen LogP contribution in [-0.2, 0) is 20.7 Å². The summed E-state index contributed by atoms with van der Waals surface area (Å²) in [6, 6.07) is 20.8. The van der Waals surface area contributed by atoms with Crippen LogP contribution in [0.15, 0.2) is 65.6 Å². The van der Waals surface area contributed by atoms with Crippen LogP contribution in [-0.4, -0.2) is 50.7 Å². The quantitative estimate of drug-likeness (QED) is 0.377. The van der Waals surface area contributed by atoms with Crippen molar-refractivity contribution in [3.63, 3.8) is 0 Å². The van der Waals surface area contributed by atoms with Crippen molar-refractivity contribution >= 4 is 34.2 Å². The van der Waals surface area contributed by atoms with Gasteiger partial charge in [-0.05, 0) is 54.4 Å². The van der Waals surface area contributed by atoms with E-state index in [0.29, 0.717) is 26.2 Å². The van der Waals surface area contributed by atoms with E-state index in [-0.39, 0.29) is 5.97 Å². The van der Waals surface area contributed by atoms with E-state index in [4.69, 9.17) is 14.2 Å². The van der Waals surface area contributed by atoms with Gasteiger partial charge in [-0.15, -0.1) is 11.8 Å². The highest BCUT2D eigenvalue weighted by Gasteiger charge is 2.21. The largest absolute Gasteiger partial charge is 0.492 e. The molecule has 4 rings (SSSR count). The maximum atomic E-state index is 12.3. The van der Waals surface area contributed by atoms with E-state index < -0.39 is 6.10 Å². The van der Waals surface area contributed by atoms with Crippen LogP contribution < -0.4 is 9.64 Å². The molecule has 5 nitrogen and oxygen atoms in total. The lowest BCUT2D eigenvalue weighted by Crippen LogP contribution is -2.33. The summed E-state index contributed by atoms with van der Waals surface area (Å²) in [7, 11) is 0. The maximum Gasteiger partial charge on any atom is 0.335 e. The molecular formula is C27H31NO4S. The topological polar surface area (TPSA) is 48.0 Å². The zero-order chi connectivity index (χ0) is 23.0. The van der Waals surface area contributed by atoms with E-state index in [0.717, 1.165) is 40.9 Å². The Bertz CT molecular complexity index is 1090. The number of carbonyl (C=O) groups is 1. The predicted molar refractivity (Wildman–Crippen MR) is 135 cm³/mol. The molecule has 1 aliphatic rings. The number of ether oxygens (including phenoxy) is 3. The van der Waals surface area contributed by atoms with E-state index in [1.807, 2.05) is 43.8 Å². The van der Waals surface area contributed by atoms with Gasteiger partial charge >= 0.3 is 5.97 Å². The van der Waals surface area contributed by atoms with Gasteiger partial charge in [0.1, 0.15) is 12.4 Å². The zero-order valence-electron chi connectivity index (χ0n) is 19.3. The molecule has 0 saturated carbocycles. The van der Waals surface area contributed by atoms with Crippen molar-refractivity contribution in [2.24, 2.45) is 0 Å². The van der Waals surface area contributed by atoms with E-state index in [1.165, 1.54) is 10.6 Å². The first-order valence-electron chi connectivity index (χ1n) is 11.6. The number of esters is 1. The highest BCUT2D eigenvalue weighted by molar-refractivity contribution is 7.99. The fourth-order valence-electron chi connectivity index (χ4n) is 4.18. The number of nitrogens with zero attached hydrogens (tertiary/aromatic N) is 1. The molecule has 0 saturated heterocycles. The lowest BCUT2D eigenvalue weighted by Gasteiger charge is -2.30. The molecule has 33 heavy (non-hydrogen) atoms. The van der Waals surface area contributed by atoms with E-state index in [9.17, 15) is 4.79 Å². The van der Waals surface area contributed by atoms with Gasteiger partial charge in [-0.3, -0.25) is 0 Å². The summed E-state index contributed by atoms with van der Waals surface area (Å²) < 4.78 is 17.0. The minimum atomic E-state index is -0.595. The lowest BCUT2D eigenvalue weighted by atomic mass is 9.99. The summed E-state index contributed by atoms with van der Waals surface area (Å²) in [5, 5.41) is 2.18. The van der Waals surface area contributed by atoms with Crippen LogP contribution in [0.2, 0.25) is 0 Å². The third-order valence-electron chi connectivity index (χ3n) is 5.72. The molecule has 174 valence electrons. The first kappa shape index (κ1) is 23.5. The molecule has 0 aromatic heterocycles. The summed E-state index contributed by atoms with van der Waals surface area (Å²) in [6.07, 6.45) is -0.113. The van der Waals surface area contributed by atoms with E-state index in [2.05, 4.69) is 47.4 Å². The van der Waals surface area contributed by atoms with Crippen molar-refractivity contribution in [1.82, 2.24) is 0 Å². The number of para-hydroxylation sites is 1. The summed E-state index contributed by atoms with van der Waals surface area (Å²) in [5.41, 5.74) is 2.36. The minimum absolute atomic E-state index is 0.311. The smallest absolute Gasteiger partial charge is 0.335 e. The van der Waals surface area contributed by atoms with Gasteiger partial charge in [0, 0.05) is 30.2 Å². The Balaban J connectivity index is 1.42. The van der Waals surface area contributed by atoms with Crippen molar-refractivity contribution in [3.8, 4) is 5.75 Å². The molecule has 1 heterocycles. The van der Waals surface area contributed by atoms with Crippen LogP contribution in [0.4, 0.5) is 5.69 Å². The van der Waals surface area contributed by atoms with Crippen LogP contribution in [0.25, 0.3) is 10.8 Å². The van der Waals surface area contributed by atoms with Crippen LogP contribution >= 0.6 is 11.8 Å². The second kappa shape index (κ2) is 11.4. The number of benzene rings is 3. The van der Waals surface area contributed by atoms with Gasteiger partial charge in [0.25, 0.3) is 0 Å². The first-order chi connectivity index (χ1) is 16.2. The molecule has 0 fully saturated rings. The van der Waals surface area contributed by atoms with E-state index >= 15 is 0 Å². The Labute approximate surface area is 200 Å². The molecule has 3 aromatic carbocycles. The molecule has 1 aliphatic heterocycles. The fourth-order valence-corrected chi connectivity index (χ4v) is 5.23. The Morgan fingerprint density at radius 2 is 1.94 bits per heavy atom. The van der Waals surface area contributed by atoms with Crippen molar-refractivity contribution in [2.45, 2.75) is 31.3 Å². The predicted octanol–water partition coefficient (Wildman–Crippen LogP) is 5.34. The average Bonchev–Trinajstić information content (AvgIpc) is 2.84. The first-order valence-corrected chi connectivity index (χ1v) is 12.6. The maximum absolute atomic E-state index is 12.3. The Kier molecular flexibility index (Phi) is 8.13. The second-order valence-corrected chi connectivity index (χ2v) is 8.99. The molecule has 6 heteroatoms. The molecule has 0 amide bonds. The Morgan fingerprint density at radius 3 is 2.79 bits per heavy atom. The Hall–Kier alpha value is -2.70. The number of hydrogen-bond acceptors (Lipinski definition) is 6. The minimum Gasteiger partial charge on any atom is -0.492 e. The highest BCUT2D eigenvalue weighted by Crippen LogP contribution is 2.34. The third kappa shape index (κ3) is 5.81. The summed E-state index contributed by atoms with van der Waals surface area (Å²) in [4.78, 5) is 16.0. The monoisotopic (exact) mass is 465 g/mol. The van der Waals surface area contributed by atoms with Crippen molar-refractivity contribution in [3.05, 3.63) is 66.2 Å². The van der Waals surface area contributed by atoms with Gasteiger partial charge in [0.15, 0.2) is 6.10 Å². The summed E-state index contributed by atoms with van der Waals surface area (Å²) >= 11 is 1.92. The summed E-state index contributed by atoms with van der Waals surface area (Å²) in [6.45, 7) is 7.02. The SMILES string of the molecule is CCOC(=O)C(Cc1cccc2cc(OCCN3CCSc4ccccc43)ccc12)OCC. The van der Waals surface area contributed by atoms with E-state index in [1.54, 1.807) is 0 Å². The number of fused-ring (bicyclic) bond motifs is 2. The van der Waals surface area contributed by atoms with Crippen LogP contribution in [0.1, 0.15) is 19.4 Å². The number of hydrogen-bond donors (Lipinski definition) is 0. The molecule has 0 N–H and O–H groups in total. The van der Waals surface area contributed by atoms with Crippen molar-refractivity contribution in [2.75, 3.05) is 43.6 Å². The highest BCUT2D eigenvalue weighted by atomic mass is 32.2. The molecule has 0 radical (unpaired) electrons. The zero-order valence-corrected chi connectivity index (χ0v) is 20.1. The average molecular weight is 466 g/mol. The molecule has 0 spiro atoms. The number of carbonyl (C=O) groups excluding carboxylic acids is 1. The van der Waals surface area contributed by atoms with Crippen molar-refractivity contribution < 1.29 is 19.0 Å². The summed E-state index contributed by atoms with van der Waals surface area (Å²) in [5.74, 6) is 1.64. The van der Waals surface area contributed by atoms with Gasteiger partial charge in [0.05, 0.1) is 18.8 Å². The number of anilines is 1. The molecule has 1 atom stereocenters. The molecule has 1 unspecified atom stereocenters. The van der Waals surface area contributed by atoms with Crippen LogP contribution in [0.3, 0.4) is 0 Å². The molecule has 3 aromatic rings. The van der Waals surface area contributed by atoms with Gasteiger partial charge in [-0.1, -0.05) is 36.4 Å². The van der Waals surface area contributed by atoms with Gasteiger partial charge in [-0.25, -0.2) is 4.79 Å². The third-order valence-corrected chi connectivity index (χ3v) is 6.76. The number of thioether (sulfide) groups is 1. The molecular weight excluding hydrogens is 434 g/mol. The van der Waals surface area contributed by atoms with Gasteiger partial charge in [-0.2, -0.15) is 0 Å². The second-order valence-electron chi connectivity index (χ2n) is 7.85. The van der Waals surface area contributed by atoms with Gasteiger partial charge < -0.3 is 19.1 Å². The number of rotatable bonds is 10. The standard InChI is InChI=1S/C27H31NO4S/c1-3-30-25(27(29)31-4-2)19-21-9-7-8-20-18-22(12-13-23(20)21)32-16-14-28-15-17-33-26-11-6-5-10-24(26)28/h5-13,18,25H,3-4,14-17,19H2,1-2H3. The Morgan fingerprint density at radius 1 is 1.06 bits per heavy atom. The van der Waals surface area contributed by atoms with Crippen LogP contribution in [0, 0.1) is 0 Å².